The highest BCUT2D eigenvalue weighted by molar-refractivity contribution is 5.97. The van der Waals surface area contributed by atoms with Crippen LogP contribution in [0.4, 0.5) is 5.69 Å². The Morgan fingerprint density at radius 3 is 2.18 bits per heavy atom. The quantitative estimate of drug-likeness (QED) is 0.625. The van der Waals surface area contributed by atoms with Crippen molar-refractivity contribution in [2.75, 3.05) is 5.73 Å². The van der Waals surface area contributed by atoms with Gasteiger partial charge in [0.05, 0.1) is 6.04 Å². The van der Waals surface area contributed by atoms with Crippen molar-refractivity contribution in [2.45, 2.75) is 32.2 Å². The van der Waals surface area contributed by atoms with Crippen molar-refractivity contribution in [3.8, 4) is 0 Å². The average Bonchev–Trinajstić information content (AvgIpc) is 2.29. The van der Waals surface area contributed by atoms with Crippen LogP contribution in [-0.2, 0) is 9.59 Å². The van der Waals surface area contributed by atoms with Crippen molar-refractivity contribution in [2.24, 2.45) is 0 Å². The van der Waals surface area contributed by atoms with Crippen LogP contribution in [0.25, 0.3) is 0 Å². The van der Waals surface area contributed by atoms with Gasteiger partial charge in [-0.25, -0.2) is 0 Å². The molecule has 2 N–H and O–H groups in total. The molecule has 4 nitrogen and oxygen atoms in total. The van der Waals surface area contributed by atoms with Crippen LogP contribution in [0.15, 0.2) is 24.3 Å². The minimum atomic E-state index is -0.212. The Kier molecular flexibility index (Phi) is 3.13. The second-order valence-corrected chi connectivity index (χ2v) is 4.35. The molecular weight excluding hydrogens is 216 g/mol. The van der Waals surface area contributed by atoms with Gasteiger partial charge in [0.1, 0.15) is 0 Å². The summed E-state index contributed by atoms with van der Waals surface area (Å²) in [5, 5.41) is 0. The Morgan fingerprint density at radius 1 is 1.12 bits per heavy atom. The first-order chi connectivity index (χ1) is 8.09. The molecule has 1 aliphatic heterocycles. The largest absolute Gasteiger partial charge is 0.399 e. The van der Waals surface area contributed by atoms with E-state index in [1.54, 1.807) is 12.1 Å². The number of likely N-dealkylation sites (tertiary alicyclic amines) is 1. The summed E-state index contributed by atoms with van der Waals surface area (Å²) in [5.41, 5.74) is 7.22. The number of nitrogens with zero attached hydrogens (tertiary/aromatic N) is 1. The van der Waals surface area contributed by atoms with Crippen LogP contribution >= 0.6 is 0 Å². The van der Waals surface area contributed by atoms with Crippen LogP contribution in [0.5, 0.6) is 0 Å². The maximum Gasteiger partial charge on any atom is 0.229 e. The second-order valence-electron chi connectivity index (χ2n) is 4.35. The lowest BCUT2D eigenvalue weighted by atomic mass is 10.0. The molecule has 17 heavy (non-hydrogen) atoms. The van der Waals surface area contributed by atoms with E-state index in [1.165, 1.54) is 4.90 Å². The molecule has 4 heteroatoms. The zero-order valence-electron chi connectivity index (χ0n) is 9.85. The molecule has 0 aromatic heterocycles. The number of imide groups is 1. The van der Waals surface area contributed by atoms with Crippen LogP contribution in [0.2, 0.25) is 0 Å². The van der Waals surface area contributed by atoms with Gasteiger partial charge in [-0.1, -0.05) is 12.1 Å². The number of rotatable bonds is 2. The number of amides is 2. The molecule has 0 aliphatic carbocycles. The number of carbonyl (C=O) groups is 2. The smallest absolute Gasteiger partial charge is 0.229 e. The van der Waals surface area contributed by atoms with Crippen molar-refractivity contribution in [3.63, 3.8) is 0 Å². The number of anilines is 1. The van der Waals surface area contributed by atoms with Gasteiger partial charge in [0.15, 0.2) is 0 Å². The molecule has 0 saturated carbocycles. The molecule has 2 rings (SSSR count). The fraction of sp³-hybridized carbons (Fsp3) is 0.385. The zero-order chi connectivity index (χ0) is 12.4. The van der Waals surface area contributed by atoms with Gasteiger partial charge < -0.3 is 5.73 Å². The molecule has 1 atom stereocenters. The van der Waals surface area contributed by atoms with Crippen LogP contribution in [0.3, 0.4) is 0 Å². The van der Waals surface area contributed by atoms with Gasteiger partial charge in [-0.15, -0.1) is 0 Å². The molecule has 90 valence electrons. The SMILES string of the molecule is CC(c1ccc(N)cc1)N1C(=O)CCCC1=O. The number of hydrogen-bond donors (Lipinski definition) is 1. The molecule has 1 aromatic rings. The molecule has 0 radical (unpaired) electrons. The predicted molar refractivity (Wildman–Crippen MR) is 65.0 cm³/mol. The van der Waals surface area contributed by atoms with Gasteiger partial charge in [0, 0.05) is 18.5 Å². The number of carbonyl (C=O) groups excluding carboxylic acids is 2. The van der Waals surface area contributed by atoms with Gasteiger partial charge in [-0.05, 0) is 31.0 Å². The Hall–Kier alpha value is -1.84. The van der Waals surface area contributed by atoms with Gasteiger partial charge in [-0.2, -0.15) is 0 Å². The van der Waals surface area contributed by atoms with E-state index in [4.69, 9.17) is 5.73 Å². The van der Waals surface area contributed by atoms with Crippen molar-refractivity contribution in [3.05, 3.63) is 29.8 Å². The fourth-order valence-corrected chi connectivity index (χ4v) is 2.13. The Morgan fingerprint density at radius 2 is 1.65 bits per heavy atom. The highest BCUT2D eigenvalue weighted by Crippen LogP contribution is 2.26. The molecule has 0 bridgehead atoms. The van der Waals surface area contributed by atoms with Gasteiger partial charge in [0.25, 0.3) is 0 Å². The molecular formula is C13H16N2O2. The standard InChI is InChI=1S/C13H16N2O2/c1-9(10-5-7-11(14)8-6-10)15-12(16)3-2-4-13(15)17/h5-9H,2-4,14H2,1H3. The third-order valence-corrected chi connectivity index (χ3v) is 3.12. The maximum absolute atomic E-state index is 11.8. The van der Waals surface area contributed by atoms with E-state index in [-0.39, 0.29) is 17.9 Å². The number of nitrogen functional groups attached to an aromatic ring is 1. The highest BCUT2D eigenvalue weighted by atomic mass is 16.2. The van der Waals surface area contributed by atoms with Crippen LogP contribution in [0, 0.1) is 0 Å². The molecule has 2 amide bonds. The molecule has 1 aliphatic rings. The summed E-state index contributed by atoms with van der Waals surface area (Å²) in [6.07, 6.45) is 1.60. The van der Waals surface area contributed by atoms with Gasteiger partial charge >= 0.3 is 0 Å². The van der Waals surface area contributed by atoms with Crippen molar-refractivity contribution in [1.29, 1.82) is 0 Å². The van der Waals surface area contributed by atoms with Crippen LogP contribution in [-0.4, -0.2) is 16.7 Å². The Bertz CT molecular complexity index is 423. The molecule has 0 spiro atoms. The first-order valence-electron chi connectivity index (χ1n) is 5.80. The topological polar surface area (TPSA) is 63.4 Å². The van der Waals surface area contributed by atoms with Crippen molar-refractivity contribution in [1.82, 2.24) is 4.90 Å². The third-order valence-electron chi connectivity index (χ3n) is 3.12. The van der Waals surface area contributed by atoms with E-state index in [2.05, 4.69) is 0 Å². The van der Waals surface area contributed by atoms with Gasteiger partial charge in [-0.3, -0.25) is 14.5 Å². The molecule has 1 aromatic carbocycles. The van der Waals surface area contributed by atoms with Crippen LogP contribution in [0.1, 0.15) is 37.8 Å². The summed E-state index contributed by atoms with van der Waals surface area (Å²) in [6.45, 7) is 1.87. The molecule has 1 saturated heterocycles. The lowest BCUT2D eigenvalue weighted by molar-refractivity contribution is -0.150. The monoisotopic (exact) mass is 232 g/mol. The summed E-state index contributed by atoms with van der Waals surface area (Å²) in [5.74, 6) is -0.156. The van der Waals surface area contributed by atoms with Gasteiger partial charge in [0.2, 0.25) is 11.8 Å². The number of benzene rings is 1. The molecule has 1 fully saturated rings. The second kappa shape index (κ2) is 4.57. The number of nitrogens with two attached hydrogens (primary N) is 1. The third kappa shape index (κ3) is 2.30. The first kappa shape index (κ1) is 11.6. The van der Waals surface area contributed by atoms with E-state index in [0.717, 1.165) is 5.56 Å². The van der Waals surface area contributed by atoms with E-state index in [1.807, 2.05) is 19.1 Å². The molecule has 1 heterocycles. The summed E-state index contributed by atoms with van der Waals surface area (Å²) in [6, 6.07) is 7.07. The minimum absolute atomic E-state index is 0.0782. The number of piperidine rings is 1. The summed E-state index contributed by atoms with van der Waals surface area (Å²) < 4.78 is 0. The Labute approximate surface area is 100 Å². The predicted octanol–water partition coefficient (Wildman–Crippen LogP) is 1.87. The first-order valence-corrected chi connectivity index (χ1v) is 5.80. The fourth-order valence-electron chi connectivity index (χ4n) is 2.13. The Balaban J connectivity index is 2.23. The zero-order valence-corrected chi connectivity index (χ0v) is 9.85. The minimum Gasteiger partial charge on any atom is -0.399 e. The van der Waals surface area contributed by atoms with Crippen molar-refractivity contribution < 1.29 is 9.59 Å². The number of hydrogen-bond acceptors (Lipinski definition) is 3. The lowest BCUT2D eigenvalue weighted by Crippen LogP contribution is -2.41. The van der Waals surface area contributed by atoms with E-state index >= 15 is 0 Å². The van der Waals surface area contributed by atoms with Crippen molar-refractivity contribution >= 4 is 17.5 Å². The lowest BCUT2D eigenvalue weighted by Gasteiger charge is -2.30. The normalized spacial score (nSPS) is 18.3. The molecule has 1 unspecified atom stereocenters. The highest BCUT2D eigenvalue weighted by Gasteiger charge is 2.30. The van der Waals surface area contributed by atoms with E-state index < -0.39 is 0 Å². The summed E-state index contributed by atoms with van der Waals surface area (Å²) in [7, 11) is 0. The maximum atomic E-state index is 11.8. The van der Waals surface area contributed by atoms with Crippen LogP contribution < -0.4 is 5.73 Å². The summed E-state index contributed by atoms with van der Waals surface area (Å²) in [4.78, 5) is 24.9. The van der Waals surface area contributed by atoms with E-state index in [9.17, 15) is 9.59 Å². The summed E-state index contributed by atoms with van der Waals surface area (Å²) >= 11 is 0. The van der Waals surface area contributed by atoms with E-state index in [0.29, 0.717) is 24.9 Å². The average molecular weight is 232 g/mol.